The van der Waals surface area contributed by atoms with Gasteiger partial charge in [-0.2, -0.15) is 26.3 Å². The van der Waals surface area contributed by atoms with Crippen LogP contribution in [0.2, 0.25) is 0 Å². The van der Waals surface area contributed by atoms with Crippen molar-refractivity contribution in [1.82, 2.24) is 0 Å². The lowest BCUT2D eigenvalue weighted by atomic mass is 10.1. The molecule has 0 aliphatic carbocycles. The van der Waals surface area contributed by atoms with Crippen molar-refractivity contribution in [2.45, 2.75) is 12.4 Å². The van der Waals surface area contributed by atoms with Gasteiger partial charge in [-0.1, -0.05) is 0 Å². The number of alkyl halides is 6. The minimum Gasteiger partial charge on any atom is -0.484 e. The second-order valence-corrected chi connectivity index (χ2v) is 6.02. The van der Waals surface area contributed by atoms with E-state index in [4.69, 9.17) is 4.74 Å². The van der Waals surface area contributed by atoms with Gasteiger partial charge in [-0.15, -0.1) is 0 Å². The largest absolute Gasteiger partial charge is 0.484 e. The van der Waals surface area contributed by atoms with Crippen molar-refractivity contribution in [3.63, 3.8) is 0 Å². The molecule has 1 N–H and O–H groups in total. The van der Waals surface area contributed by atoms with Crippen LogP contribution in [-0.4, -0.2) is 26.6 Å². The Labute approximate surface area is 156 Å². The highest BCUT2D eigenvalue weighted by atomic mass is 19.4. The maximum Gasteiger partial charge on any atom is 0.416 e. The number of carbonyl (C=O) groups excluding carboxylic acids is 1. The van der Waals surface area contributed by atoms with Crippen LogP contribution in [0.3, 0.4) is 0 Å². The molecule has 0 aromatic heterocycles. The van der Waals surface area contributed by atoms with E-state index in [1.54, 1.807) is 24.3 Å². The van der Waals surface area contributed by atoms with Gasteiger partial charge in [0.05, 0.1) is 11.1 Å². The van der Waals surface area contributed by atoms with Crippen molar-refractivity contribution >= 4 is 17.3 Å². The van der Waals surface area contributed by atoms with Gasteiger partial charge in [0.2, 0.25) is 0 Å². The van der Waals surface area contributed by atoms with Crippen LogP contribution in [0, 0.1) is 0 Å². The van der Waals surface area contributed by atoms with E-state index in [2.05, 4.69) is 5.32 Å². The number of nitrogens with zero attached hydrogens (tertiary/aromatic N) is 1. The van der Waals surface area contributed by atoms with Gasteiger partial charge >= 0.3 is 12.4 Å². The number of hydrogen-bond acceptors (Lipinski definition) is 3. The highest BCUT2D eigenvalue weighted by Crippen LogP contribution is 2.38. The molecule has 1 amide bonds. The number of ether oxygens (including phenoxy) is 1. The summed E-state index contributed by atoms with van der Waals surface area (Å²) < 4.78 is 81.7. The molecule has 4 nitrogen and oxygen atoms in total. The molecule has 0 saturated heterocycles. The normalized spacial score (nSPS) is 11.9. The summed E-state index contributed by atoms with van der Waals surface area (Å²) in [4.78, 5) is 13.7. The fourth-order valence-corrected chi connectivity index (χ4v) is 2.20. The van der Waals surface area contributed by atoms with Gasteiger partial charge in [-0.3, -0.25) is 4.79 Å². The Balaban J connectivity index is 2.09. The number of halogens is 6. The molecule has 0 fully saturated rings. The molecular weight excluding hydrogens is 390 g/mol. The lowest BCUT2D eigenvalue weighted by molar-refractivity contribution is -0.143. The zero-order valence-electron chi connectivity index (χ0n) is 14.8. The summed E-state index contributed by atoms with van der Waals surface area (Å²) in [5.41, 5.74) is -1.76. The molecular formula is C18H16F6N2O2. The maximum absolute atomic E-state index is 12.8. The zero-order chi connectivity index (χ0) is 21.1. The second-order valence-electron chi connectivity index (χ2n) is 6.02. The third kappa shape index (κ3) is 5.80. The molecule has 28 heavy (non-hydrogen) atoms. The summed E-state index contributed by atoms with van der Waals surface area (Å²) in [5, 5.41) is 2.44. The first-order chi connectivity index (χ1) is 12.9. The highest BCUT2D eigenvalue weighted by Gasteiger charge is 2.37. The van der Waals surface area contributed by atoms with E-state index in [1.165, 1.54) is 0 Å². The standard InChI is InChI=1S/C18H16F6N2O2/c1-26(2)14-5-3-13(4-6-14)25-16(27)10-28-15-8-11(17(19,20)21)7-12(9-15)18(22,23)24/h3-9H,10H2,1-2H3,(H,25,27). The quantitative estimate of drug-likeness (QED) is 0.725. The van der Waals surface area contributed by atoms with Gasteiger partial charge in [0.1, 0.15) is 5.75 Å². The summed E-state index contributed by atoms with van der Waals surface area (Å²) in [6.45, 7) is -0.756. The molecule has 0 spiro atoms. The van der Waals surface area contributed by atoms with Crippen molar-refractivity contribution in [1.29, 1.82) is 0 Å². The van der Waals surface area contributed by atoms with Crippen LogP contribution < -0.4 is 15.0 Å². The Bertz CT molecular complexity index is 797. The van der Waals surface area contributed by atoms with Crippen LogP contribution >= 0.6 is 0 Å². The molecule has 0 atom stereocenters. The maximum atomic E-state index is 12.8. The van der Waals surface area contributed by atoms with Crippen molar-refractivity contribution in [3.8, 4) is 5.75 Å². The molecule has 0 aliphatic rings. The average Bonchev–Trinajstić information content (AvgIpc) is 2.58. The number of benzene rings is 2. The van der Waals surface area contributed by atoms with Gasteiger partial charge in [0.15, 0.2) is 6.61 Å². The van der Waals surface area contributed by atoms with E-state index in [0.717, 1.165) is 5.69 Å². The van der Waals surface area contributed by atoms with E-state index < -0.39 is 41.7 Å². The van der Waals surface area contributed by atoms with Gasteiger partial charge in [0, 0.05) is 25.5 Å². The van der Waals surface area contributed by atoms with E-state index in [0.29, 0.717) is 17.8 Å². The van der Waals surface area contributed by atoms with Crippen molar-refractivity contribution < 1.29 is 35.9 Å². The van der Waals surface area contributed by atoms with Gasteiger partial charge in [-0.05, 0) is 42.5 Å². The van der Waals surface area contributed by atoms with Crippen molar-refractivity contribution in [2.75, 3.05) is 30.9 Å². The summed E-state index contributed by atoms with van der Waals surface area (Å²) in [5.74, 6) is -1.44. The number of anilines is 2. The molecule has 0 heterocycles. The van der Waals surface area contributed by atoms with Gasteiger partial charge < -0.3 is 15.0 Å². The first-order valence-electron chi connectivity index (χ1n) is 7.86. The van der Waals surface area contributed by atoms with Crippen LogP contribution in [-0.2, 0) is 17.1 Å². The molecule has 2 aromatic rings. The predicted octanol–water partition coefficient (Wildman–Crippen LogP) is 4.81. The first kappa shape index (κ1) is 21.4. The highest BCUT2D eigenvalue weighted by molar-refractivity contribution is 5.92. The number of amides is 1. The smallest absolute Gasteiger partial charge is 0.416 e. The number of carbonyl (C=O) groups is 1. The zero-order valence-corrected chi connectivity index (χ0v) is 14.8. The third-order valence-corrected chi connectivity index (χ3v) is 3.60. The second kappa shape index (κ2) is 7.99. The van der Waals surface area contributed by atoms with E-state index in [-0.39, 0.29) is 6.07 Å². The Morgan fingerprint density at radius 3 is 1.86 bits per heavy atom. The molecule has 0 unspecified atom stereocenters. The van der Waals surface area contributed by atoms with E-state index in [1.807, 2.05) is 19.0 Å². The molecule has 2 aromatic carbocycles. The molecule has 2 rings (SSSR count). The number of rotatable bonds is 5. The predicted molar refractivity (Wildman–Crippen MR) is 91.3 cm³/mol. The molecule has 0 bridgehead atoms. The molecule has 0 aliphatic heterocycles. The van der Waals surface area contributed by atoms with Crippen LogP contribution in [0.15, 0.2) is 42.5 Å². The Morgan fingerprint density at radius 1 is 0.929 bits per heavy atom. The van der Waals surface area contributed by atoms with Crippen LogP contribution in [0.5, 0.6) is 5.75 Å². The van der Waals surface area contributed by atoms with Gasteiger partial charge in [0.25, 0.3) is 5.91 Å². The van der Waals surface area contributed by atoms with Crippen LogP contribution in [0.4, 0.5) is 37.7 Å². The summed E-state index contributed by atoms with van der Waals surface area (Å²) in [7, 11) is 3.65. The lowest BCUT2D eigenvalue weighted by Crippen LogP contribution is -2.20. The first-order valence-corrected chi connectivity index (χ1v) is 7.86. The van der Waals surface area contributed by atoms with Gasteiger partial charge in [-0.25, -0.2) is 0 Å². The Hall–Kier alpha value is -2.91. The van der Waals surface area contributed by atoms with E-state index >= 15 is 0 Å². The number of hydrogen-bond donors (Lipinski definition) is 1. The molecule has 0 radical (unpaired) electrons. The monoisotopic (exact) mass is 406 g/mol. The summed E-state index contributed by atoms with van der Waals surface area (Å²) in [6.07, 6.45) is -9.98. The van der Waals surface area contributed by atoms with Crippen molar-refractivity contribution in [3.05, 3.63) is 53.6 Å². The summed E-state index contributed by atoms with van der Waals surface area (Å²) in [6, 6.07) is 7.44. The van der Waals surface area contributed by atoms with Crippen LogP contribution in [0.25, 0.3) is 0 Å². The Kier molecular flexibility index (Phi) is 6.10. The topological polar surface area (TPSA) is 41.6 Å². The fraction of sp³-hybridized carbons (Fsp3) is 0.278. The lowest BCUT2D eigenvalue weighted by Gasteiger charge is -2.15. The number of nitrogens with one attached hydrogen (secondary N) is 1. The average molecular weight is 406 g/mol. The molecule has 0 saturated carbocycles. The third-order valence-electron chi connectivity index (χ3n) is 3.60. The minimum absolute atomic E-state index is 0.0146. The molecule has 10 heteroatoms. The fourth-order valence-electron chi connectivity index (χ4n) is 2.20. The van der Waals surface area contributed by atoms with Crippen molar-refractivity contribution in [2.24, 2.45) is 0 Å². The molecule has 152 valence electrons. The minimum atomic E-state index is -4.99. The van der Waals surface area contributed by atoms with Crippen LogP contribution in [0.1, 0.15) is 11.1 Å². The SMILES string of the molecule is CN(C)c1ccc(NC(=O)COc2cc(C(F)(F)F)cc(C(F)(F)F)c2)cc1. The van der Waals surface area contributed by atoms with E-state index in [9.17, 15) is 31.1 Å². The summed E-state index contributed by atoms with van der Waals surface area (Å²) >= 11 is 0. The Morgan fingerprint density at radius 2 is 1.43 bits per heavy atom.